The number of rotatable bonds is 6. The standard InChI is InChI=1S/C15H15NO4S2/c17-14(18)13-8-12(9-21-13)22(19,20)16-10-15(6-7-15)11-4-2-1-3-5-11/h1-5,8-9,16H,6-7,10H2,(H,17,18). The number of carboxylic acids is 1. The molecule has 22 heavy (non-hydrogen) atoms. The van der Waals surface area contributed by atoms with Gasteiger partial charge in [-0.15, -0.1) is 11.3 Å². The predicted molar refractivity (Wildman–Crippen MR) is 83.8 cm³/mol. The van der Waals surface area contributed by atoms with Gasteiger partial charge in [-0.05, 0) is 24.5 Å². The van der Waals surface area contributed by atoms with Gasteiger partial charge in [0.15, 0.2) is 0 Å². The van der Waals surface area contributed by atoms with Gasteiger partial charge in [-0.25, -0.2) is 17.9 Å². The summed E-state index contributed by atoms with van der Waals surface area (Å²) in [5.74, 6) is -1.12. The maximum atomic E-state index is 12.3. The van der Waals surface area contributed by atoms with E-state index in [1.165, 1.54) is 11.4 Å². The van der Waals surface area contributed by atoms with E-state index in [9.17, 15) is 13.2 Å². The Labute approximate surface area is 132 Å². The summed E-state index contributed by atoms with van der Waals surface area (Å²) in [7, 11) is -3.68. The van der Waals surface area contributed by atoms with Gasteiger partial charge < -0.3 is 5.11 Å². The van der Waals surface area contributed by atoms with Gasteiger partial charge in [0, 0.05) is 17.3 Å². The van der Waals surface area contributed by atoms with E-state index in [2.05, 4.69) is 4.72 Å². The molecule has 1 fully saturated rings. The van der Waals surface area contributed by atoms with Crippen molar-refractivity contribution in [2.24, 2.45) is 0 Å². The van der Waals surface area contributed by atoms with E-state index in [1.807, 2.05) is 30.3 Å². The second-order valence-electron chi connectivity index (χ2n) is 5.42. The van der Waals surface area contributed by atoms with Gasteiger partial charge in [-0.2, -0.15) is 0 Å². The van der Waals surface area contributed by atoms with Crippen LogP contribution in [0.25, 0.3) is 0 Å². The molecule has 2 aromatic rings. The lowest BCUT2D eigenvalue weighted by Crippen LogP contribution is -2.32. The molecule has 0 spiro atoms. The van der Waals surface area contributed by atoms with Crippen molar-refractivity contribution < 1.29 is 18.3 Å². The fourth-order valence-electron chi connectivity index (χ4n) is 2.40. The number of thiophene rings is 1. The predicted octanol–water partition coefficient (Wildman–Crippen LogP) is 2.46. The molecule has 1 heterocycles. The fourth-order valence-corrected chi connectivity index (χ4v) is 4.64. The minimum Gasteiger partial charge on any atom is -0.477 e. The van der Waals surface area contributed by atoms with E-state index >= 15 is 0 Å². The molecule has 1 aromatic carbocycles. The van der Waals surface area contributed by atoms with Crippen LogP contribution in [0.3, 0.4) is 0 Å². The van der Waals surface area contributed by atoms with E-state index in [1.54, 1.807) is 0 Å². The van der Waals surface area contributed by atoms with Gasteiger partial charge in [0.05, 0.1) is 4.90 Å². The highest BCUT2D eigenvalue weighted by atomic mass is 32.2. The van der Waals surface area contributed by atoms with Crippen molar-refractivity contribution in [3.63, 3.8) is 0 Å². The van der Waals surface area contributed by atoms with Crippen LogP contribution in [0, 0.1) is 0 Å². The molecule has 1 aromatic heterocycles. The molecule has 0 amide bonds. The van der Waals surface area contributed by atoms with Crippen LogP contribution in [0.1, 0.15) is 28.1 Å². The highest BCUT2D eigenvalue weighted by molar-refractivity contribution is 7.89. The second kappa shape index (κ2) is 5.49. The zero-order chi connectivity index (χ0) is 15.8. The van der Waals surface area contributed by atoms with Gasteiger partial charge in [0.2, 0.25) is 10.0 Å². The summed E-state index contributed by atoms with van der Waals surface area (Å²) < 4.78 is 27.2. The van der Waals surface area contributed by atoms with Crippen LogP contribution in [0.5, 0.6) is 0 Å². The Morgan fingerprint density at radius 3 is 2.50 bits per heavy atom. The first-order valence-corrected chi connectivity index (χ1v) is 9.16. The summed E-state index contributed by atoms with van der Waals surface area (Å²) >= 11 is 0.911. The molecular weight excluding hydrogens is 322 g/mol. The Morgan fingerprint density at radius 2 is 1.95 bits per heavy atom. The maximum absolute atomic E-state index is 12.3. The van der Waals surface area contributed by atoms with Gasteiger partial charge in [-0.1, -0.05) is 30.3 Å². The number of hydrogen-bond donors (Lipinski definition) is 2. The minimum atomic E-state index is -3.68. The van der Waals surface area contributed by atoms with Crippen molar-refractivity contribution in [1.82, 2.24) is 4.72 Å². The molecule has 1 saturated carbocycles. The van der Waals surface area contributed by atoms with Crippen molar-refractivity contribution in [1.29, 1.82) is 0 Å². The second-order valence-corrected chi connectivity index (χ2v) is 8.10. The highest BCUT2D eigenvalue weighted by Crippen LogP contribution is 2.47. The lowest BCUT2D eigenvalue weighted by molar-refractivity contribution is 0.0702. The van der Waals surface area contributed by atoms with E-state index in [-0.39, 0.29) is 15.2 Å². The van der Waals surface area contributed by atoms with Gasteiger partial charge in [0.1, 0.15) is 4.88 Å². The number of hydrogen-bond acceptors (Lipinski definition) is 4. The first-order chi connectivity index (χ1) is 10.4. The van der Waals surface area contributed by atoms with Crippen LogP contribution in [0.15, 0.2) is 46.7 Å². The van der Waals surface area contributed by atoms with Crippen LogP contribution in [-0.4, -0.2) is 26.0 Å². The van der Waals surface area contributed by atoms with Gasteiger partial charge in [-0.3, -0.25) is 0 Å². The molecule has 1 aliphatic carbocycles. The lowest BCUT2D eigenvalue weighted by Gasteiger charge is -2.16. The third-order valence-corrected chi connectivity index (χ3v) is 6.38. The molecule has 116 valence electrons. The smallest absolute Gasteiger partial charge is 0.345 e. The molecule has 7 heteroatoms. The molecule has 3 rings (SSSR count). The number of carboxylic acid groups (broad SMARTS) is 1. The summed E-state index contributed by atoms with van der Waals surface area (Å²) in [6, 6.07) is 11.0. The highest BCUT2D eigenvalue weighted by Gasteiger charge is 2.44. The monoisotopic (exact) mass is 337 g/mol. The SMILES string of the molecule is O=C(O)c1cc(S(=O)(=O)NCC2(c3ccccc3)CC2)cs1. The Kier molecular flexibility index (Phi) is 3.80. The summed E-state index contributed by atoms with van der Waals surface area (Å²) in [5, 5.41) is 10.2. The molecule has 0 unspecified atom stereocenters. The summed E-state index contributed by atoms with van der Waals surface area (Å²) in [5.41, 5.74) is 1.01. The molecular formula is C15H15NO4S2. The maximum Gasteiger partial charge on any atom is 0.345 e. The van der Waals surface area contributed by atoms with E-state index < -0.39 is 16.0 Å². The first kappa shape index (κ1) is 15.2. The van der Waals surface area contributed by atoms with E-state index in [0.717, 1.165) is 29.7 Å². The van der Waals surface area contributed by atoms with Crippen LogP contribution < -0.4 is 4.72 Å². The fraction of sp³-hybridized carbons (Fsp3) is 0.267. The molecule has 0 atom stereocenters. The van der Waals surface area contributed by atoms with Crippen molar-refractivity contribution in [3.8, 4) is 0 Å². The molecule has 0 saturated heterocycles. The number of sulfonamides is 1. The zero-order valence-electron chi connectivity index (χ0n) is 11.7. The number of nitrogens with one attached hydrogen (secondary N) is 1. The topological polar surface area (TPSA) is 83.5 Å². The average molecular weight is 337 g/mol. The minimum absolute atomic E-state index is 0.0127. The molecule has 5 nitrogen and oxygen atoms in total. The van der Waals surface area contributed by atoms with Crippen LogP contribution in [0.4, 0.5) is 0 Å². The number of benzene rings is 1. The summed E-state index contributed by atoms with van der Waals surface area (Å²) in [4.78, 5) is 10.9. The van der Waals surface area contributed by atoms with Gasteiger partial charge in [0.25, 0.3) is 0 Å². The van der Waals surface area contributed by atoms with Crippen molar-refractivity contribution in [2.75, 3.05) is 6.54 Å². The van der Waals surface area contributed by atoms with Crippen LogP contribution in [-0.2, 0) is 15.4 Å². The Bertz CT molecular complexity index is 792. The van der Waals surface area contributed by atoms with Crippen molar-refractivity contribution >= 4 is 27.3 Å². The summed E-state index contributed by atoms with van der Waals surface area (Å²) in [6.45, 7) is 0.331. The molecule has 0 aliphatic heterocycles. The third kappa shape index (κ3) is 2.92. The van der Waals surface area contributed by atoms with Crippen molar-refractivity contribution in [2.45, 2.75) is 23.2 Å². The third-order valence-electron chi connectivity index (χ3n) is 3.94. The lowest BCUT2D eigenvalue weighted by atomic mass is 9.96. The normalized spacial score (nSPS) is 16.4. The van der Waals surface area contributed by atoms with Crippen molar-refractivity contribution in [3.05, 3.63) is 52.2 Å². The van der Waals surface area contributed by atoms with E-state index in [0.29, 0.717) is 6.54 Å². The Balaban J connectivity index is 1.74. The molecule has 0 bridgehead atoms. The molecule has 2 N–H and O–H groups in total. The summed E-state index contributed by atoms with van der Waals surface area (Å²) in [6.07, 6.45) is 1.90. The molecule has 1 aliphatic rings. The largest absolute Gasteiger partial charge is 0.477 e. The zero-order valence-corrected chi connectivity index (χ0v) is 13.3. The van der Waals surface area contributed by atoms with Crippen LogP contribution in [0.2, 0.25) is 0 Å². The molecule has 0 radical (unpaired) electrons. The first-order valence-electron chi connectivity index (χ1n) is 6.80. The Morgan fingerprint density at radius 1 is 1.27 bits per heavy atom. The number of carbonyl (C=O) groups is 1. The van der Waals surface area contributed by atoms with Gasteiger partial charge >= 0.3 is 5.97 Å². The quantitative estimate of drug-likeness (QED) is 0.848. The van der Waals surface area contributed by atoms with Crippen LogP contribution >= 0.6 is 11.3 Å². The Hall–Kier alpha value is -1.70. The average Bonchev–Trinajstić information content (AvgIpc) is 3.12. The number of aromatic carboxylic acids is 1. The van der Waals surface area contributed by atoms with E-state index in [4.69, 9.17) is 5.11 Å².